The van der Waals surface area contributed by atoms with Gasteiger partial charge in [0.25, 0.3) is 0 Å². The Labute approximate surface area is 97.8 Å². The topological polar surface area (TPSA) is 24.7 Å². The highest BCUT2D eigenvalue weighted by Crippen LogP contribution is 2.06. The smallest absolute Gasteiger partial charge is 0.0853 e. The van der Waals surface area contributed by atoms with Crippen LogP contribution in [0.3, 0.4) is 0 Å². The Morgan fingerprint density at radius 3 is 2.12 bits per heavy atom. The van der Waals surface area contributed by atoms with Gasteiger partial charge in [0.05, 0.1) is 11.4 Å². The molecule has 16 heavy (non-hydrogen) atoms. The van der Waals surface area contributed by atoms with Crippen molar-refractivity contribution in [1.82, 2.24) is 0 Å². The Bertz CT molecular complexity index is 366. The first-order valence-electron chi connectivity index (χ1n) is 5.11. The lowest BCUT2D eigenvalue weighted by Gasteiger charge is -1.92. The zero-order valence-corrected chi connectivity index (χ0v) is 9.93. The molecule has 0 radical (unpaired) electrons. The van der Waals surface area contributed by atoms with Crippen LogP contribution in [0.25, 0.3) is 0 Å². The number of rotatable bonds is 6. The van der Waals surface area contributed by atoms with Crippen molar-refractivity contribution in [2.45, 2.75) is 13.8 Å². The molecule has 0 atom stereocenters. The molecule has 0 saturated carbocycles. The molecular formula is C14H18N2. The van der Waals surface area contributed by atoms with Crippen LogP contribution in [0.4, 0.5) is 0 Å². The van der Waals surface area contributed by atoms with E-state index in [1.165, 1.54) is 0 Å². The van der Waals surface area contributed by atoms with E-state index in [-0.39, 0.29) is 0 Å². The second-order valence-corrected chi connectivity index (χ2v) is 2.84. The predicted molar refractivity (Wildman–Crippen MR) is 71.0 cm³/mol. The van der Waals surface area contributed by atoms with Gasteiger partial charge in [-0.05, 0) is 32.1 Å². The molecule has 0 spiro atoms. The highest BCUT2D eigenvalue weighted by molar-refractivity contribution is 5.23. The van der Waals surface area contributed by atoms with Crippen LogP contribution in [0, 0.1) is 0 Å². The summed E-state index contributed by atoms with van der Waals surface area (Å²) in [6.07, 6.45) is 14.5. The summed E-state index contributed by atoms with van der Waals surface area (Å²) in [5.74, 6) is 0. The van der Waals surface area contributed by atoms with Crippen LogP contribution in [0.1, 0.15) is 13.8 Å². The molecule has 0 unspecified atom stereocenters. The first-order chi connectivity index (χ1) is 7.78. The molecule has 0 rings (SSSR count). The zero-order valence-electron chi connectivity index (χ0n) is 9.93. The Kier molecular flexibility index (Phi) is 8.41. The fourth-order valence-electron chi connectivity index (χ4n) is 0.883. The lowest BCUT2D eigenvalue weighted by atomic mass is 10.3. The van der Waals surface area contributed by atoms with Crippen molar-refractivity contribution in [3.63, 3.8) is 0 Å². The lowest BCUT2D eigenvalue weighted by molar-refractivity contribution is 1.12. The average molecular weight is 214 g/mol. The fourth-order valence-corrected chi connectivity index (χ4v) is 0.883. The van der Waals surface area contributed by atoms with Gasteiger partial charge in [0.15, 0.2) is 0 Å². The van der Waals surface area contributed by atoms with E-state index in [1.54, 1.807) is 18.2 Å². The molecule has 0 N–H and O–H groups in total. The van der Waals surface area contributed by atoms with Gasteiger partial charge in [0.1, 0.15) is 0 Å². The van der Waals surface area contributed by atoms with Gasteiger partial charge in [-0.15, -0.1) is 0 Å². The van der Waals surface area contributed by atoms with E-state index in [9.17, 15) is 0 Å². The molecule has 0 aliphatic rings. The van der Waals surface area contributed by atoms with Crippen LogP contribution in [0.15, 0.2) is 83.4 Å². The summed E-state index contributed by atoms with van der Waals surface area (Å²) in [4.78, 5) is 0. The molecule has 0 bridgehead atoms. The number of allylic oxidation sites excluding steroid dienone is 8. The zero-order chi connectivity index (χ0) is 12.2. The van der Waals surface area contributed by atoms with E-state index in [0.717, 1.165) is 11.4 Å². The summed E-state index contributed by atoms with van der Waals surface area (Å²) in [5.41, 5.74) is 1.56. The summed E-state index contributed by atoms with van der Waals surface area (Å²) >= 11 is 0. The minimum Gasteiger partial charge on any atom is -0.151 e. The van der Waals surface area contributed by atoms with E-state index >= 15 is 0 Å². The van der Waals surface area contributed by atoms with Crippen LogP contribution in [0.2, 0.25) is 0 Å². The SMILES string of the molecule is C=C/C=C\C(=C/C)N=NC(/C=C\C)=C/C=C. The van der Waals surface area contributed by atoms with Crippen LogP contribution < -0.4 is 0 Å². The van der Waals surface area contributed by atoms with Crippen molar-refractivity contribution < 1.29 is 0 Å². The fraction of sp³-hybridized carbons (Fsp3) is 0.143. The highest BCUT2D eigenvalue weighted by Gasteiger charge is 1.87. The molecule has 0 saturated heterocycles. The minimum absolute atomic E-state index is 0.767. The van der Waals surface area contributed by atoms with E-state index in [0.29, 0.717) is 0 Å². The molecule has 0 heterocycles. The van der Waals surface area contributed by atoms with E-state index in [4.69, 9.17) is 0 Å². The largest absolute Gasteiger partial charge is 0.151 e. The first-order valence-corrected chi connectivity index (χ1v) is 5.11. The molecule has 0 aromatic rings. The third-order valence-corrected chi connectivity index (χ3v) is 1.61. The van der Waals surface area contributed by atoms with Gasteiger partial charge < -0.3 is 0 Å². The number of azo groups is 1. The summed E-state index contributed by atoms with van der Waals surface area (Å²) in [6.45, 7) is 11.1. The third kappa shape index (κ3) is 6.49. The Morgan fingerprint density at radius 1 is 0.938 bits per heavy atom. The normalized spacial score (nSPS) is 14.1. The van der Waals surface area contributed by atoms with Gasteiger partial charge >= 0.3 is 0 Å². The van der Waals surface area contributed by atoms with Gasteiger partial charge in [-0.1, -0.05) is 43.5 Å². The lowest BCUT2D eigenvalue weighted by Crippen LogP contribution is -1.73. The second kappa shape index (κ2) is 9.59. The van der Waals surface area contributed by atoms with Gasteiger partial charge in [-0.2, -0.15) is 10.2 Å². The molecule has 0 aromatic heterocycles. The molecule has 0 aliphatic carbocycles. The predicted octanol–water partition coefficient (Wildman–Crippen LogP) is 4.73. The van der Waals surface area contributed by atoms with E-state index < -0.39 is 0 Å². The Morgan fingerprint density at radius 2 is 1.62 bits per heavy atom. The van der Waals surface area contributed by atoms with Gasteiger partial charge in [-0.3, -0.25) is 0 Å². The standard InChI is InChI=1S/C14H18N2/c1-5-9-12-13(8-4)15-16-14(10-6-2)11-7-3/h5-12H,1-2H2,3-4H3/b11-7-,12-9-,13-8+,14-10+,16-15?. The van der Waals surface area contributed by atoms with Crippen LogP contribution >= 0.6 is 0 Å². The van der Waals surface area contributed by atoms with Crippen molar-refractivity contribution in [2.24, 2.45) is 10.2 Å². The van der Waals surface area contributed by atoms with Gasteiger partial charge in [0, 0.05) is 0 Å². The first kappa shape index (κ1) is 14.0. The van der Waals surface area contributed by atoms with Crippen molar-refractivity contribution in [3.8, 4) is 0 Å². The summed E-state index contributed by atoms with van der Waals surface area (Å²) < 4.78 is 0. The van der Waals surface area contributed by atoms with Crippen molar-refractivity contribution in [1.29, 1.82) is 0 Å². The molecule has 0 aliphatic heterocycles. The highest BCUT2D eigenvalue weighted by atomic mass is 15.1. The molecule has 0 fully saturated rings. The maximum absolute atomic E-state index is 4.10. The van der Waals surface area contributed by atoms with Crippen LogP contribution in [-0.4, -0.2) is 0 Å². The number of nitrogens with zero attached hydrogens (tertiary/aromatic N) is 2. The van der Waals surface area contributed by atoms with E-state index in [2.05, 4.69) is 23.4 Å². The van der Waals surface area contributed by atoms with Crippen LogP contribution in [0.5, 0.6) is 0 Å². The molecular weight excluding hydrogens is 196 g/mol. The number of hydrogen-bond donors (Lipinski definition) is 0. The Balaban J connectivity index is 4.77. The molecule has 84 valence electrons. The monoisotopic (exact) mass is 214 g/mol. The summed E-state index contributed by atoms with van der Waals surface area (Å²) in [5, 5.41) is 8.20. The van der Waals surface area contributed by atoms with Crippen molar-refractivity contribution in [3.05, 3.63) is 73.2 Å². The van der Waals surface area contributed by atoms with Gasteiger partial charge in [0.2, 0.25) is 0 Å². The maximum Gasteiger partial charge on any atom is 0.0853 e. The quantitative estimate of drug-likeness (QED) is 0.451. The third-order valence-electron chi connectivity index (χ3n) is 1.61. The molecule has 0 aromatic carbocycles. The van der Waals surface area contributed by atoms with Crippen molar-refractivity contribution >= 4 is 0 Å². The second-order valence-electron chi connectivity index (χ2n) is 2.84. The van der Waals surface area contributed by atoms with E-state index in [1.807, 2.05) is 44.2 Å². The summed E-state index contributed by atoms with van der Waals surface area (Å²) in [6, 6.07) is 0. The van der Waals surface area contributed by atoms with Crippen LogP contribution in [-0.2, 0) is 0 Å². The Hall–Kier alpha value is -1.96. The molecule has 0 amide bonds. The minimum atomic E-state index is 0.767. The molecule has 2 heteroatoms. The van der Waals surface area contributed by atoms with Crippen molar-refractivity contribution in [2.75, 3.05) is 0 Å². The van der Waals surface area contributed by atoms with Gasteiger partial charge in [-0.25, -0.2) is 0 Å². The average Bonchev–Trinajstić information content (AvgIpc) is 2.30. The summed E-state index contributed by atoms with van der Waals surface area (Å²) in [7, 11) is 0. The molecule has 2 nitrogen and oxygen atoms in total. The maximum atomic E-state index is 4.10. The number of hydrogen-bond acceptors (Lipinski definition) is 2.